The summed E-state index contributed by atoms with van der Waals surface area (Å²) >= 11 is 0. The third-order valence-corrected chi connectivity index (χ3v) is 4.22. The van der Waals surface area contributed by atoms with Crippen LogP contribution in [0.15, 0.2) is 0 Å². The monoisotopic (exact) mass is 196 g/mol. The normalized spacial score (nSPS) is 28.5. The molecule has 0 heterocycles. The van der Waals surface area contributed by atoms with E-state index in [0.29, 0.717) is 5.41 Å². The van der Waals surface area contributed by atoms with Crippen molar-refractivity contribution in [2.75, 3.05) is 13.1 Å². The van der Waals surface area contributed by atoms with E-state index >= 15 is 0 Å². The molecule has 1 atom stereocenters. The summed E-state index contributed by atoms with van der Waals surface area (Å²) in [6.07, 6.45) is 6.84. The first-order valence-electron chi connectivity index (χ1n) is 6.08. The summed E-state index contributed by atoms with van der Waals surface area (Å²) in [5, 5.41) is 3.58. The van der Waals surface area contributed by atoms with Crippen molar-refractivity contribution in [1.29, 1.82) is 0 Å². The number of rotatable bonds is 6. The smallest absolute Gasteiger partial charge is 0.0280 e. The summed E-state index contributed by atoms with van der Waals surface area (Å²) in [5.41, 5.74) is 6.95. The lowest BCUT2D eigenvalue weighted by Gasteiger charge is -2.26. The number of nitrogens with one attached hydrogen (secondary N) is 1. The lowest BCUT2D eigenvalue weighted by Crippen LogP contribution is -2.49. The zero-order valence-electron chi connectivity index (χ0n) is 9.60. The van der Waals surface area contributed by atoms with Crippen molar-refractivity contribution in [3.05, 3.63) is 0 Å². The van der Waals surface area contributed by atoms with Crippen LogP contribution in [0, 0.1) is 11.3 Å². The summed E-state index contributed by atoms with van der Waals surface area (Å²) in [6.45, 7) is 6.68. The summed E-state index contributed by atoms with van der Waals surface area (Å²) in [7, 11) is 0. The maximum Gasteiger partial charge on any atom is 0.0280 e. The molecular weight excluding hydrogens is 172 g/mol. The van der Waals surface area contributed by atoms with Gasteiger partial charge in [-0.25, -0.2) is 0 Å². The highest BCUT2D eigenvalue weighted by Crippen LogP contribution is 2.48. The van der Waals surface area contributed by atoms with Gasteiger partial charge in [0.05, 0.1) is 0 Å². The van der Waals surface area contributed by atoms with Gasteiger partial charge in [-0.3, -0.25) is 0 Å². The van der Waals surface area contributed by atoms with E-state index in [9.17, 15) is 0 Å². The average molecular weight is 196 g/mol. The number of hydrogen-bond donors (Lipinski definition) is 2. The Morgan fingerprint density at radius 1 is 1.43 bits per heavy atom. The van der Waals surface area contributed by atoms with Gasteiger partial charge in [0.1, 0.15) is 0 Å². The standard InChI is InChI=1S/C12H24N2/c1-3-12(6-7-12)9-14-8-11(2,13)10-4-5-10/h10,14H,3-9,13H2,1-2H3. The predicted octanol–water partition coefficient (Wildman–Crippen LogP) is 1.89. The van der Waals surface area contributed by atoms with Gasteiger partial charge in [0.2, 0.25) is 0 Å². The molecule has 0 spiro atoms. The van der Waals surface area contributed by atoms with E-state index in [1.807, 2.05) is 0 Å². The van der Waals surface area contributed by atoms with Gasteiger partial charge in [-0.05, 0) is 50.4 Å². The fraction of sp³-hybridized carbons (Fsp3) is 1.00. The average Bonchev–Trinajstić information content (AvgIpc) is 3.01. The topological polar surface area (TPSA) is 38.0 Å². The van der Waals surface area contributed by atoms with Gasteiger partial charge in [0.15, 0.2) is 0 Å². The molecule has 0 aromatic heterocycles. The molecule has 2 aliphatic rings. The second-order valence-electron chi connectivity index (χ2n) is 5.74. The Morgan fingerprint density at radius 2 is 2.07 bits per heavy atom. The molecule has 2 rings (SSSR count). The van der Waals surface area contributed by atoms with Crippen LogP contribution >= 0.6 is 0 Å². The largest absolute Gasteiger partial charge is 0.324 e. The van der Waals surface area contributed by atoms with Gasteiger partial charge in [-0.1, -0.05) is 6.92 Å². The fourth-order valence-electron chi connectivity index (χ4n) is 2.32. The molecule has 0 aromatic carbocycles. The molecule has 14 heavy (non-hydrogen) atoms. The van der Waals surface area contributed by atoms with Gasteiger partial charge in [-0.15, -0.1) is 0 Å². The van der Waals surface area contributed by atoms with Gasteiger partial charge in [0, 0.05) is 18.6 Å². The van der Waals surface area contributed by atoms with Crippen LogP contribution in [0.25, 0.3) is 0 Å². The first-order valence-corrected chi connectivity index (χ1v) is 6.08. The molecule has 1 unspecified atom stereocenters. The minimum atomic E-state index is 0.0455. The highest BCUT2D eigenvalue weighted by atomic mass is 15.0. The highest BCUT2D eigenvalue weighted by Gasteiger charge is 2.42. The van der Waals surface area contributed by atoms with Crippen LogP contribution in [0.1, 0.15) is 46.0 Å². The summed E-state index contributed by atoms with van der Waals surface area (Å²) in [5.74, 6) is 0.784. The zero-order chi connectivity index (χ0) is 10.2. The predicted molar refractivity (Wildman–Crippen MR) is 60.1 cm³/mol. The lowest BCUT2D eigenvalue weighted by atomic mass is 9.96. The molecule has 2 nitrogen and oxygen atoms in total. The summed E-state index contributed by atoms with van der Waals surface area (Å²) in [4.78, 5) is 0. The van der Waals surface area contributed by atoms with Gasteiger partial charge in [-0.2, -0.15) is 0 Å². The second kappa shape index (κ2) is 3.49. The zero-order valence-corrected chi connectivity index (χ0v) is 9.60. The van der Waals surface area contributed by atoms with Crippen LogP contribution in [-0.4, -0.2) is 18.6 Å². The quantitative estimate of drug-likeness (QED) is 0.681. The minimum Gasteiger partial charge on any atom is -0.324 e. The molecule has 3 N–H and O–H groups in total. The van der Waals surface area contributed by atoms with E-state index in [1.54, 1.807) is 0 Å². The molecular formula is C12H24N2. The van der Waals surface area contributed by atoms with Crippen LogP contribution in [0.3, 0.4) is 0 Å². The lowest BCUT2D eigenvalue weighted by molar-refractivity contribution is 0.351. The molecule has 82 valence electrons. The molecule has 0 bridgehead atoms. The van der Waals surface area contributed by atoms with Crippen LogP contribution in [0.5, 0.6) is 0 Å². The molecule has 2 fully saturated rings. The molecule has 2 heteroatoms. The molecule has 0 amide bonds. The maximum atomic E-state index is 6.25. The third-order valence-electron chi connectivity index (χ3n) is 4.22. The molecule has 2 aliphatic carbocycles. The third kappa shape index (κ3) is 2.29. The van der Waals surface area contributed by atoms with E-state index in [4.69, 9.17) is 5.73 Å². The van der Waals surface area contributed by atoms with Crippen LogP contribution in [0.2, 0.25) is 0 Å². The molecule has 0 aromatic rings. The summed E-state index contributed by atoms with van der Waals surface area (Å²) in [6, 6.07) is 0. The van der Waals surface area contributed by atoms with Gasteiger partial charge < -0.3 is 11.1 Å². The van der Waals surface area contributed by atoms with E-state index < -0.39 is 0 Å². The number of nitrogens with two attached hydrogens (primary N) is 1. The minimum absolute atomic E-state index is 0.0455. The fourth-order valence-corrected chi connectivity index (χ4v) is 2.32. The van der Waals surface area contributed by atoms with Crippen molar-refractivity contribution >= 4 is 0 Å². The highest BCUT2D eigenvalue weighted by molar-refractivity contribution is 4.99. The van der Waals surface area contributed by atoms with Crippen molar-refractivity contribution in [2.24, 2.45) is 17.1 Å². The Morgan fingerprint density at radius 3 is 2.50 bits per heavy atom. The van der Waals surface area contributed by atoms with Gasteiger partial charge >= 0.3 is 0 Å². The van der Waals surface area contributed by atoms with Crippen LogP contribution in [0.4, 0.5) is 0 Å². The SMILES string of the molecule is CCC1(CNCC(C)(N)C2CC2)CC1. The first-order chi connectivity index (χ1) is 6.58. The molecule has 2 saturated carbocycles. The summed E-state index contributed by atoms with van der Waals surface area (Å²) < 4.78 is 0. The van der Waals surface area contributed by atoms with Crippen molar-refractivity contribution in [1.82, 2.24) is 5.32 Å². The Balaban J connectivity index is 1.67. The van der Waals surface area contributed by atoms with Crippen molar-refractivity contribution in [3.8, 4) is 0 Å². The van der Waals surface area contributed by atoms with Crippen molar-refractivity contribution in [2.45, 2.75) is 51.5 Å². The van der Waals surface area contributed by atoms with E-state index in [0.717, 1.165) is 12.5 Å². The Bertz CT molecular complexity index is 202. The van der Waals surface area contributed by atoms with Crippen molar-refractivity contribution in [3.63, 3.8) is 0 Å². The van der Waals surface area contributed by atoms with E-state index in [-0.39, 0.29) is 5.54 Å². The van der Waals surface area contributed by atoms with Gasteiger partial charge in [0.25, 0.3) is 0 Å². The van der Waals surface area contributed by atoms with E-state index in [2.05, 4.69) is 19.2 Å². The first kappa shape index (κ1) is 10.4. The number of hydrogen-bond acceptors (Lipinski definition) is 2. The molecule has 0 aliphatic heterocycles. The van der Waals surface area contributed by atoms with Crippen LogP contribution < -0.4 is 11.1 Å². The molecule has 0 radical (unpaired) electrons. The molecule has 0 saturated heterocycles. The van der Waals surface area contributed by atoms with Crippen LogP contribution in [-0.2, 0) is 0 Å². The van der Waals surface area contributed by atoms with Crippen molar-refractivity contribution < 1.29 is 0 Å². The second-order valence-corrected chi connectivity index (χ2v) is 5.74. The Kier molecular flexibility index (Phi) is 2.61. The maximum absolute atomic E-state index is 6.25. The Hall–Kier alpha value is -0.0800. The van der Waals surface area contributed by atoms with E-state index in [1.165, 1.54) is 38.6 Å². The Labute approximate surface area is 87.6 Å².